The smallest absolute Gasteiger partial charge is 0.140 e. The van der Waals surface area contributed by atoms with E-state index in [2.05, 4.69) is 56.7 Å². The monoisotopic (exact) mass is 314 g/mol. The van der Waals surface area contributed by atoms with E-state index >= 15 is 0 Å². The summed E-state index contributed by atoms with van der Waals surface area (Å²) in [7, 11) is 0. The van der Waals surface area contributed by atoms with Gasteiger partial charge in [0.1, 0.15) is 12.1 Å². The van der Waals surface area contributed by atoms with Crippen LogP contribution in [0.4, 0.5) is 5.82 Å². The number of fused-ring (bicyclic) bond motifs is 1. The second-order valence-corrected chi connectivity index (χ2v) is 7.36. The van der Waals surface area contributed by atoms with Crippen LogP contribution in [-0.2, 0) is 0 Å². The van der Waals surface area contributed by atoms with Crippen LogP contribution >= 0.6 is 11.8 Å². The van der Waals surface area contributed by atoms with Crippen molar-refractivity contribution >= 4 is 28.5 Å². The fourth-order valence-electron chi connectivity index (χ4n) is 3.61. The van der Waals surface area contributed by atoms with E-state index in [0.717, 1.165) is 43.6 Å². The summed E-state index contributed by atoms with van der Waals surface area (Å²) in [6.07, 6.45) is 3.07. The molecule has 2 aliphatic heterocycles. The molecule has 0 unspecified atom stereocenters. The van der Waals surface area contributed by atoms with Gasteiger partial charge in [-0.15, -0.1) is 0 Å². The Bertz CT molecular complexity index is 656. The van der Waals surface area contributed by atoms with Gasteiger partial charge in [-0.1, -0.05) is 12.1 Å². The van der Waals surface area contributed by atoms with Crippen LogP contribution in [0.15, 0.2) is 24.5 Å². The van der Waals surface area contributed by atoms with Crippen molar-refractivity contribution in [2.45, 2.75) is 19.4 Å². The van der Waals surface area contributed by atoms with Crippen molar-refractivity contribution in [2.24, 2.45) is 0 Å². The number of piperazine rings is 1. The van der Waals surface area contributed by atoms with E-state index in [1.807, 2.05) is 0 Å². The van der Waals surface area contributed by atoms with Crippen molar-refractivity contribution in [3.05, 3.63) is 30.1 Å². The Morgan fingerprint density at radius 2 is 2.00 bits per heavy atom. The van der Waals surface area contributed by atoms with Crippen molar-refractivity contribution in [3.8, 4) is 0 Å². The van der Waals surface area contributed by atoms with Crippen molar-refractivity contribution < 1.29 is 0 Å². The van der Waals surface area contributed by atoms with Crippen LogP contribution in [0, 0.1) is 6.92 Å². The van der Waals surface area contributed by atoms with Crippen LogP contribution < -0.4 is 4.90 Å². The summed E-state index contributed by atoms with van der Waals surface area (Å²) in [5.41, 5.74) is 2.32. The second kappa shape index (κ2) is 6.05. The van der Waals surface area contributed by atoms with Gasteiger partial charge in [0.25, 0.3) is 0 Å². The Kier molecular flexibility index (Phi) is 3.92. The summed E-state index contributed by atoms with van der Waals surface area (Å²) in [6, 6.07) is 7.11. The fraction of sp³-hybridized carbons (Fsp3) is 0.529. The van der Waals surface area contributed by atoms with Gasteiger partial charge in [-0.25, -0.2) is 9.97 Å². The third-order valence-electron chi connectivity index (χ3n) is 4.89. The molecular weight excluding hydrogens is 292 g/mol. The van der Waals surface area contributed by atoms with E-state index in [9.17, 15) is 0 Å². The zero-order chi connectivity index (χ0) is 14.9. The highest BCUT2D eigenvalue weighted by Gasteiger charge is 2.27. The molecule has 2 saturated heterocycles. The number of benzene rings is 1. The summed E-state index contributed by atoms with van der Waals surface area (Å²) in [5, 5.41) is 1.22. The normalized spacial score (nSPS) is 23.3. The quantitative estimate of drug-likeness (QED) is 0.850. The standard InChI is InChI=1S/C17H22N4S/c1-13-3-2-4-15-16(13)17(19-12-18-15)21-8-6-20(7-9-21)14-5-10-22-11-14/h2-4,12,14H,5-11H2,1H3/t14-/m0/s1. The molecule has 2 aromatic rings. The molecule has 0 radical (unpaired) electrons. The molecule has 22 heavy (non-hydrogen) atoms. The van der Waals surface area contributed by atoms with E-state index < -0.39 is 0 Å². The first-order valence-corrected chi connectivity index (χ1v) is 9.25. The van der Waals surface area contributed by atoms with Crippen molar-refractivity contribution in [2.75, 3.05) is 42.6 Å². The molecule has 0 amide bonds. The molecule has 0 saturated carbocycles. The Labute approximate surface area is 135 Å². The maximum Gasteiger partial charge on any atom is 0.140 e. The van der Waals surface area contributed by atoms with E-state index in [1.54, 1.807) is 6.33 Å². The van der Waals surface area contributed by atoms with Gasteiger partial charge in [0, 0.05) is 43.4 Å². The highest BCUT2D eigenvalue weighted by Crippen LogP contribution is 2.28. The SMILES string of the molecule is Cc1cccc2ncnc(N3CCN([C@H]4CCSC4)CC3)c12. The molecule has 2 aliphatic rings. The van der Waals surface area contributed by atoms with Gasteiger partial charge in [0.15, 0.2) is 0 Å². The lowest BCUT2D eigenvalue weighted by Crippen LogP contribution is -2.50. The second-order valence-electron chi connectivity index (χ2n) is 6.21. The van der Waals surface area contributed by atoms with E-state index in [-0.39, 0.29) is 0 Å². The topological polar surface area (TPSA) is 32.3 Å². The molecular formula is C17H22N4S. The van der Waals surface area contributed by atoms with Gasteiger partial charge in [-0.2, -0.15) is 11.8 Å². The first-order valence-electron chi connectivity index (χ1n) is 8.10. The minimum atomic E-state index is 0.802. The number of hydrogen-bond donors (Lipinski definition) is 0. The molecule has 5 heteroatoms. The van der Waals surface area contributed by atoms with Crippen LogP contribution in [0.25, 0.3) is 10.9 Å². The third kappa shape index (κ3) is 2.57. The zero-order valence-corrected chi connectivity index (χ0v) is 13.9. The summed E-state index contributed by atoms with van der Waals surface area (Å²) < 4.78 is 0. The van der Waals surface area contributed by atoms with Crippen LogP contribution in [0.3, 0.4) is 0 Å². The van der Waals surface area contributed by atoms with Gasteiger partial charge in [-0.05, 0) is 30.7 Å². The predicted molar refractivity (Wildman–Crippen MR) is 93.8 cm³/mol. The summed E-state index contributed by atoms with van der Waals surface area (Å²) in [6.45, 7) is 6.61. The average Bonchev–Trinajstić information content (AvgIpc) is 3.09. The van der Waals surface area contributed by atoms with E-state index in [1.165, 1.54) is 28.9 Å². The maximum absolute atomic E-state index is 4.61. The number of thioether (sulfide) groups is 1. The van der Waals surface area contributed by atoms with Crippen LogP contribution in [-0.4, -0.2) is 58.6 Å². The van der Waals surface area contributed by atoms with Gasteiger partial charge in [-0.3, -0.25) is 4.90 Å². The van der Waals surface area contributed by atoms with E-state index in [0.29, 0.717) is 0 Å². The molecule has 0 bridgehead atoms. The summed E-state index contributed by atoms with van der Waals surface area (Å²) >= 11 is 2.10. The molecule has 2 fully saturated rings. The fourth-order valence-corrected chi connectivity index (χ4v) is 4.86. The van der Waals surface area contributed by atoms with Gasteiger partial charge < -0.3 is 4.90 Å². The van der Waals surface area contributed by atoms with Gasteiger partial charge in [0.05, 0.1) is 5.52 Å². The van der Waals surface area contributed by atoms with Crippen LogP contribution in [0.1, 0.15) is 12.0 Å². The number of anilines is 1. The summed E-state index contributed by atoms with van der Waals surface area (Å²) in [4.78, 5) is 14.1. The van der Waals surface area contributed by atoms with Crippen molar-refractivity contribution in [1.82, 2.24) is 14.9 Å². The molecule has 1 atom stereocenters. The highest BCUT2D eigenvalue weighted by atomic mass is 32.2. The summed E-state index contributed by atoms with van der Waals surface area (Å²) in [5.74, 6) is 3.76. The Hall–Kier alpha value is -1.33. The Balaban J connectivity index is 1.56. The number of nitrogens with zero attached hydrogens (tertiary/aromatic N) is 4. The van der Waals surface area contributed by atoms with Crippen LogP contribution in [0.5, 0.6) is 0 Å². The van der Waals surface area contributed by atoms with Crippen molar-refractivity contribution in [1.29, 1.82) is 0 Å². The number of rotatable bonds is 2. The lowest BCUT2D eigenvalue weighted by molar-refractivity contribution is 0.200. The molecule has 116 valence electrons. The highest BCUT2D eigenvalue weighted by molar-refractivity contribution is 7.99. The Morgan fingerprint density at radius 1 is 1.14 bits per heavy atom. The molecule has 1 aromatic carbocycles. The molecule has 3 heterocycles. The molecule has 0 N–H and O–H groups in total. The number of aryl methyl sites for hydroxylation is 1. The number of hydrogen-bond acceptors (Lipinski definition) is 5. The van der Waals surface area contributed by atoms with Gasteiger partial charge in [0.2, 0.25) is 0 Å². The van der Waals surface area contributed by atoms with E-state index in [4.69, 9.17) is 0 Å². The minimum Gasteiger partial charge on any atom is -0.353 e. The van der Waals surface area contributed by atoms with Gasteiger partial charge >= 0.3 is 0 Å². The third-order valence-corrected chi connectivity index (χ3v) is 6.03. The molecule has 0 spiro atoms. The van der Waals surface area contributed by atoms with Crippen LogP contribution in [0.2, 0.25) is 0 Å². The first kappa shape index (κ1) is 14.3. The largest absolute Gasteiger partial charge is 0.353 e. The first-order chi connectivity index (χ1) is 10.8. The lowest BCUT2D eigenvalue weighted by atomic mass is 10.1. The Morgan fingerprint density at radius 3 is 2.77 bits per heavy atom. The number of aromatic nitrogens is 2. The zero-order valence-electron chi connectivity index (χ0n) is 13.0. The maximum atomic E-state index is 4.61. The molecule has 4 rings (SSSR count). The predicted octanol–water partition coefficient (Wildman–Crippen LogP) is 2.57. The minimum absolute atomic E-state index is 0.802. The average molecular weight is 314 g/mol. The lowest BCUT2D eigenvalue weighted by Gasteiger charge is -2.38. The van der Waals surface area contributed by atoms with Crippen molar-refractivity contribution in [3.63, 3.8) is 0 Å². The molecule has 1 aromatic heterocycles. The molecule has 4 nitrogen and oxygen atoms in total. The molecule has 0 aliphatic carbocycles.